The molecule has 0 bridgehead atoms. The Morgan fingerprint density at radius 2 is 2.06 bits per heavy atom. The fourth-order valence-corrected chi connectivity index (χ4v) is 1.80. The Kier molecular flexibility index (Phi) is 4.15. The monoisotopic (exact) mass is 228 g/mol. The second-order valence-corrected chi connectivity index (χ2v) is 4.79. The Morgan fingerprint density at radius 3 is 2.44 bits per heavy atom. The minimum atomic E-state index is -0.993. The largest absolute Gasteiger partial charge is 0.480 e. The van der Waals surface area contributed by atoms with Crippen LogP contribution in [0.15, 0.2) is 0 Å². The lowest BCUT2D eigenvalue weighted by Gasteiger charge is -2.38. The van der Waals surface area contributed by atoms with E-state index in [0.717, 1.165) is 12.8 Å². The van der Waals surface area contributed by atoms with Gasteiger partial charge < -0.3 is 15.7 Å². The molecule has 0 aromatic heterocycles. The first kappa shape index (κ1) is 12.8. The molecule has 2 amide bonds. The van der Waals surface area contributed by atoms with Crippen molar-refractivity contribution >= 4 is 12.0 Å². The lowest BCUT2D eigenvalue weighted by atomic mass is 9.70. The number of carboxylic acid groups (broad SMARTS) is 1. The number of aliphatic carboxylic acids is 1. The molecule has 0 saturated heterocycles. The van der Waals surface area contributed by atoms with Crippen LogP contribution in [-0.4, -0.2) is 29.7 Å². The number of rotatable bonds is 5. The molecule has 16 heavy (non-hydrogen) atoms. The molecule has 0 aromatic carbocycles. The second-order valence-electron chi connectivity index (χ2n) is 4.79. The van der Waals surface area contributed by atoms with E-state index in [0.29, 0.717) is 13.0 Å². The SMILES string of the molecule is CC[C@@H](NC(=O)NCC1(C)CCC1)C(=O)O. The first-order chi connectivity index (χ1) is 7.47. The molecule has 92 valence electrons. The van der Waals surface area contributed by atoms with Gasteiger partial charge in [-0.2, -0.15) is 0 Å². The van der Waals surface area contributed by atoms with E-state index in [4.69, 9.17) is 5.11 Å². The van der Waals surface area contributed by atoms with Crippen LogP contribution in [0.25, 0.3) is 0 Å². The minimum absolute atomic E-state index is 0.211. The zero-order valence-corrected chi connectivity index (χ0v) is 9.88. The Morgan fingerprint density at radius 1 is 1.44 bits per heavy atom. The molecule has 5 nitrogen and oxygen atoms in total. The molecule has 0 radical (unpaired) electrons. The minimum Gasteiger partial charge on any atom is -0.480 e. The van der Waals surface area contributed by atoms with Gasteiger partial charge in [-0.15, -0.1) is 0 Å². The second kappa shape index (κ2) is 5.18. The molecule has 1 aliphatic rings. The van der Waals surface area contributed by atoms with E-state index in [1.165, 1.54) is 6.42 Å². The number of urea groups is 1. The third kappa shape index (κ3) is 3.40. The number of hydrogen-bond acceptors (Lipinski definition) is 2. The van der Waals surface area contributed by atoms with Gasteiger partial charge in [0.15, 0.2) is 0 Å². The highest BCUT2D eigenvalue weighted by Gasteiger charge is 2.32. The van der Waals surface area contributed by atoms with E-state index in [-0.39, 0.29) is 11.4 Å². The van der Waals surface area contributed by atoms with Crippen molar-refractivity contribution in [2.45, 2.75) is 45.6 Å². The molecular weight excluding hydrogens is 208 g/mol. The van der Waals surface area contributed by atoms with E-state index in [2.05, 4.69) is 17.6 Å². The molecule has 1 fully saturated rings. The molecule has 1 rings (SSSR count). The standard InChI is InChI=1S/C11H20N2O3/c1-3-8(9(14)15)13-10(16)12-7-11(2)5-4-6-11/h8H,3-7H2,1-2H3,(H,14,15)(H2,12,13,16)/t8-/m1/s1. The molecule has 0 aromatic rings. The zero-order chi connectivity index (χ0) is 12.2. The van der Waals surface area contributed by atoms with Crippen LogP contribution in [0.4, 0.5) is 4.79 Å². The molecule has 0 aliphatic heterocycles. The Hall–Kier alpha value is -1.26. The molecule has 5 heteroatoms. The van der Waals surface area contributed by atoms with Crippen LogP contribution in [0, 0.1) is 5.41 Å². The van der Waals surface area contributed by atoms with Gasteiger partial charge in [-0.1, -0.05) is 20.3 Å². The van der Waals surface area contributed by atoms with Gasteiger partial charge in [0, 0.05) is 6.54 Å². The number of carbonyl (C=O) groups excluding carboxylic acids is 1. The van der Waals surface area contributed by atoms with Gasteiger partial charge in [-0.05, 0) is 24.7 Å². The van der Waals surface area contributed by atoms with Crippen LogP contribution in [0.3, 0.4) is 0 Å². The van der Waals surface area contributed by atoms with Crippen LogP contribution < -0.4 is 10.6 Å². The average molecular weight is 228 g/mol. The summed E-state index contributed by atoms with van der Waals surface area (Å²) >= 11 is 0. The predicted molar refractivity (Wildman–Crippen MR) is 60.2 cm³/mol. The number of amides is 2. The third-order valence-electron chi connectivity index (χ3n) is 3.25. The molecule has 0 spiro atoms. The van der Waals surface area contributed by atoms with Crippen LogP contribution in [0.2, 0.25) is 0 Å². The van der Waals surface area contributed by atoms with Gasteiger partial charge in [0.1, 0.15) is 6.04 Å². The summed E-state index contributed by atoms with van der Waals surface area (Å²) in [6.45, 7) is 4.48. The topological polar surface area (TPSA) is 78.4 Å². The molecule has 3 N–H and O–H groups in total. The van der Waals surface area contributed by atoms with Gasteiger partial charge in [-0.3, -0.25) is 0 Å². The quantitative estimate of drug-likeness (QED) is 0.664. The predicted octanol–water partition coefficient (Wildman–Crippen LogP) is 1.34. The van der Waals surface area contributed by atoms with Gasteiger partial charge in [-0.25, -0.2) is 9.59 Å². The van der Waals surface area contributed by atoms with Crippen molar-refractivity contribution in [1.29, 1.82) is 0 Å². The molecule has 0 heterocycles. The molecular formula is C11H20N2O3. The lowest BCUT2D eigenvalue weighted by Crippen LogP contribution is -2.49. The zero-order valence-electron chi connectivity index (χ0n) is 9.88. The van der Waals surface area contributed by atoms with E-state index in [1.54, 1.807) is 6.92 Å². The first-order valence-electron chi connectivity index (χ1n) is 5.74. The number of carbonyl (C=O) groups is 2. The van der Waals surface area contributed by atoms with E-state index in [9.17, 15) is 9.59 Å². The molecule has 1 saturated carbocycles. The normalized spacial score (nSPS) is 19.4. The summed E-state index contributed by atoms with van der Waals surface area (Å²) < 4.78 is 0. The number of carboxylic acids is 1. The maximum absolute atomic E-state index is 11.4. The maximum Gasteiger partial charge on any atom is 0.326 e. The van der Waals surface area contributed by atoms with Crippen molar-refractivity contribution < 1.29 is 14.7 Å². The van der Waals surface area contributed by atoms with Crippen LogP contribution in [0.1, 0.15) is 39.5 Å². The van der Waals surface area contributed by atoms with Crippen molar-refractivity contribution in [2.24, 2.45) is 5.41 Å². The Labute approximate surface area is 95.6 Å². The smallest absolute Gasteiger partial charge is 0.326 e. The van der Waals surface area contributed by atoms with Crippen LogP contribution in [-0.2, 0) is 4.79 Å². The summed E-state index contributed by atoms with van der Waals surface area (Å²) in [7, 11) is 0. The highest BCUT2D eigenvalue weighted by Crippen LogP contribution is 2.39. The highest BCUT2D eigenvalue weighted by atomic mass is 16.4. The van der Waals surface area contributed by atoms with Gasteiger partial charge in [0.2, 0.25) is 0 Å². The Bertz CT molecular complexity index is 274. The van der Waals surface area contributed by atoms with Crippen molar-refractivity contribution in [3.63, 3.8) is 0 Å². The van der Waals surface area contributed by atoms with E-state index < -0.39 is 12.0 Å². The number of hydrogen-bond donors (Lipinski definition) is 3. The van der Waals surface area contributed by atoms with Gasteiger partial charge >= 0.3 is 12.0 Å². The highest BCUT2D eigenvalue weighted by molar-refractivity contribution is 5.82. The van der Waals surface area contributed by atoms with Crippen molar-refractivity contribution in [1.82, 2.24) is 10.6 Å². The lowest BCUT2D eigenvalue weighted by molar-refractivity contribution is -0.139. The number of nitrogens with one attached hydrogen (secondary N) is 2. The third-order valence-corrected chi connectivity index (χ3v) is 3.25. The molecule has 0 unspecified atom stereocenters. The fourth-order valence-electron chi connectivity index (χ4n) is 1.80. The first-order valence-corrected chi connectivity index (χ1v) is 5.74. The van der Waals surface area contributed by atoms with E-state index in [1.807, 2.05) is 0 Å². The Balaban J connectivity index is 2.27. The summed E-state index contributed by atoms with van der Waals surface area (Å²) in [6, 6.07) is -1.18. The van der Waals surface area contributed by atoms with Gasteiger partial charge in [0.25, 0.3) is 0 Å². The summed E-state index contributed by atoms with van der Waals surface area (Å²) in [5.41, 5.74) is 0.211. The molecule has 1 atom stereocenters. The summed E-state index contributed by atoms with van der Waals surface area (Å²) in [5, 5.41) is 13.9. The average Bonchev–Trinajstić information content (AvgIpc) is 2.19. The van der Waals surface area contributed by atoms with Crippen molar-refractivity contribution in [3.8, 4) is 0 Å². The summed E-state index contributed by atoms with van der Waals surface area (Å²) in [6.07, 6.45) is 3.86. The molecule has 1 aliphatic carbocycles. The van der Waals surface area contributed by atoms with Crippen molar-refractivity contribution in [3.05, 3.63) is 0 Å². The van der Waals surface area contributed by atoms with Crippen LogP contribution in [0.5, 0.6) is 0 Å². The maximum atomic E-state index is 11.4. The van der Waals surface area contributed by atoms with Crippen molar-refractivity contribution in [2.75, 3.05) is 6.54 Å². The van der Waals surface area contributed by atoms with Gasteiger partial charge in [0.05, 0.1) is 0 Å². The van der Waals surface area contributed by atoms with Crippen LogP contribution >= 0.6 is 0 Å². The summed E-state index contributed by atoms with van der Waals surface area (Å²) in [4.78, 5) is 22.1. The van der Waals surface area contributed by atoms with E-state index >= 15 is 0 Å². The summed E-state index contributed by atoms with van der Waals surface area (Å²) in [5.74, 6) is -0.993. The fraction of sp³-hybridized carbons (Fsp3) is 0.818.